The van der Waals surface area contributed by atoms with E-state index in [1.54, 1.807) is 0 Å². The van der Waals surface area contributed by atoms with Crippen molar-refractivity contribution < 1.29 is 4.57 Å². The van der Waals surface area contributed by atoms with E-state index in [2.05, 4.69) is 103 Å². The molecule has 4 rings (SSSR count). The SMILES string of the molecule is Cc1c(-c2cccn2C)cc2ccccc2c1-[n+]1ccccc1C. The fourth-order valence-electron chi connectivity index (χ4n) is 3.53. The Morgan fingerprint density at radius 2 is 1.67 bits per heavy atom. The first-order chi connectivity index (χ1) is 11.7. The van der Waals surface area contributed by atoms with Crippen LogP contribution >= 0.6 is 0 Å². The first-order valence-electron chi connectivity index (χ1n) is 8.28. The van der Waals surface area contributed by atoms with E-state index in [1.807, 2.05) is 0 Å². The number of hydrogen-bond acceptors (Lipinski definition) is 0. The zero-order chi connectivity index (χ0) is 16.7. The van der Waals surface area contributed by atoms with Gasteiger partial charge in [0.2, 0.25) is 5.69 Å². The smallest absolute Gasteiger partial charge is 0.222 e. The van der Waals surface area contributed by atoms with Crippen molar-refractivity contribution in [1.29, 1.82) is 0 Å². The molecule has 0 aliphatic rings. The maximum atomic E-state index is 2.31. The predicted molar refractivity (Wildman–Crippen MR) is 99.4 cm³/mol. The van der Waals surface area contributed by atoms with Crippen LogP contribution in [-0.2, 0) is 7.05 Å². The van der Waals surface area contributed by atoms with Crippen LogP contribution in [0.5, 0.6) is 0 Å². The monoisotopic (exact) mass is 313 g/mol. The van der Waals surface area contributed by atoms with E-state index in [0.717, 1.165) is 0 Å². The van der Waals surface area contributed by atoms with Crippen LogP contribution in [0.25, 0.3) is 27.7 Å². The number of aromatic nitrogens is 2. The lowest BCUT2D eigenvalue weighted by Gasteiger charge is -2.13. The van der Waals surface area contributed by atoms with E-state index < -0.39 is 0 Å². The second-order valence-corrected chi connectivity index (χ2v) is 6.34. The fraction of sp³-hybridized carbons (Fsp3) is 0.136. The van der Waals surface area contributed by atoms with Crippen molar-refractivity contribution in [2.75, 3.05) is 0 Å². The average molecular weight is 313 g/mol. The summed E-state index contributed by atoms with van der Waals surface area (Å²) in [6.07, 6.45) is 4.25. The molecule has 0 atom stereocenters. The highest BCUT2D eigenvalue weighted by molar-refractivity contribution is 5.94. The Morgan fingerprint density at radius 1 is 0.875 bits per heavy atom. The summed E-state index contributed by atoms with van der Waals surface area (Å²) in [5.74, 6) is 0. The van der Waals surface area contributed by atoms with Gasteiger partial charge in [-0.2, -0.15) is 4.57 Å². The van der Waals surface area contributed by atoms with Crippen LogP contribution in [0.2, 0.25) is 0 Å². The van der Waals surface area contributed by atoms with Crippen LogP contribution in [0, 0.1) is 13.8 Å². The summed E-state index contributed by atoms with van der Waals surface area (Å²) in [4.78, 5) is 0. The third-order valence-corrected chi connectivity index (χ3v) is 4.80. The number of rotatable bonds is 2. The number of aryl methyl sites for hydroxylation is 2. The molecule has 0 aliphatic heterocycles. The molecule has 2 heterocycles. The third-order valence-electron chi connectivity index (χ3n) is 4.80. The molecule has 0 radical (unpaired) electrons. The number of pyridine rings is 1. The summed E-state index contributed by atoms with van der Waals surface area (Å²) in [7, 11) is 2.10. The maximum absolute atomic E-state index is 2.31. The topological polar surface area (TPSA) is 8.81 Å². The Morgan fingerprint density at radius 3 is 2.42 bits per heavy atom. The largest absolute Gasteiger partial charge is 0.351 e. The van der Waals surface area contributed by atoms with Crippen molar-refractivity contribution in [1.82, 2.24) is 4.57 Å². The Kier molecular flexibility index (Phi) is 3.46. The first kappa shape index (κ1) is 14.7. The molecular formula is C22H21N2+. The van der Waals surface area contributed by atoms with Crippen molar-refractivity contribution in [2.24, 2.45) is 7.05 Å². The molecule has 0 bridgehead atoms. The highest BCUT2D eigenvalue weighted by atomic mass is 15.0. The third kappa shape index (κ3) is 2.23. The molecule has 118 valence electrons. The van der Waals surface area contributed by atoms with Gasteiger partial charge in [0.15, 0.2) is 11.9 Å². The van der Waals surface area contributed by atoms with Crippen LogP contribution in [-0.4, -0.2) is 4.57 Å². The first-order valence-corrected chi connectivity index (χ1v) is 8.28. The summed E-state index contributed by atoms with van der Waals surface area (Å²) >= 11 is 0. The number of benzene rings is 2. The van der Waals surface area contributed by atoms with Crippen molar-refractivity contribution in [3.05, 3.63) is 84.3 Å². The molecule has 2 aromatic carbocycles. The van der Waals surface area contributed by atoms with Gasteiger partial charge in [-0.25, -0.2) is 0 Å². The lowest BCUT2D eigenvalue weighted by molar-refractivity contribution is -0.601. The lowest BCUT2D eigenvalue weighted by Crippen LogP contribution is -2.34. The molecule has 4 aromatic rings. The maximum Gasteiger partial charge on any atom is 0.222 e. The molecule has 0 N–H and O–H groups in total. The molecular weight excluding hydrogens is 292 g/mol. The van der Waals surface area contributed by atoms with Crippen molar-refractivity contribution in [2.45, 2.75) is 13.8 Å². The van der Waals surface area contributed by atoms with Crippen LogP contribution in [0.15, 0.2) is 73.1 Å². The number of fused-ring (bicyclic) bond motifs is 1. The minimum absolute atomic E-state index is 1.23. The second-order valence-electron chi connectivity index (χ2n) is 6.34. The fourth-order valence-corrected chi connectivity index (χ4v) is 3.53. The molecule has 0 saturated heterocycles. The quantitative estimate of drug-likeness (QED) is 0.473. The second kappa shape index (κ2) is 5.64. The molecule has 0 fully saturated rings. The lowest BCUT2D eigenvalue weighted by atomic mass is 9.96. The molecule has 2 aromatic heterocycles. The van der Waals surface area contributed by atoms with Crippen molar-refractivity contribution >= 4 is 10.8 Å². The van der Waals surface area contributed by atoms with E-state index in [-0.39, 0.29) is 0 Å². The highest BCUT2D eigenvalue weighted by Crippen LogP contribution is 2.32. The summed E-state index contributed by atoms with van der Waals surface area (Å²) in [6, 6.07) is 21.6. The minimum Gasteiger partial charge on any atom is -0.351 e. The van der Waals surface area contributed by atoms with Gasteiger partial charge in [0.25, 0.3) is 0 Å². The Labute approximate surface area is 142 Å². The Balaban J connectivity index is 2.14. The normalized spacial score (nSPS) is 11.1. The number of nitrogens with zero attached hydrogens (tertiary/aromatic N) is 2. The predicted octanol–water partition coefficient (Wildman–Crippen LogP) is 4.74. The van der Waals surface area contributed by atoms with Gasteiger partial charge in [-0.05, 0) is 36.6 Å². The minimum atomic E-state index is 1.23. The van der Waals surface area contributed by atoms with E-state index in [1.165, 1.54) is 39.0 Å². The van der Waals surface area contributed by atoms with Crippen LogP contribution < -0.4 is 4.57 Å². The van der Waals surface area contributed by atoms with Crippen LogP contribution in [0.4, 0.5) is 0 Å². The van der Waals surface area contributed by atoms with E-state index in [0.29, 0.717) is 0 Å². The van der Waals surface area contributed by atoms with Gasteiger partial charge in [-0.15, -0.1) is 0 Å². The van der Waals surface area contributed by atoms with E-state index in [9.17, 15) is 0 Å². The van der Waals surface area contributed by atoms with Gasteiger partial charge in [0.1, 0.15) is 0 Å². The molecule has 0 unspecified atom stereocenters. The Bertz CT molecular complexity index is 1040. The standard InChI is InChI=1S/C22H21N2/c1-16-9-6-7-14-24(16)22-17(2)20(21-12-8-13-23(21)3)15-18-10-4-5-11-19(18)22/h4-15H,1-3H3/q+1. The number of hydrogen-bond donors (Lipinski definition) is 0. The molecule has 0 aliphatic carbocycles. The molecule has 0 amide bonds. The van der Waals surface area contributed by atoms with Gasteiger partial charge >= 0.3 is 0 Å². The van der Waals surface area contributed by atoms with Crippen molar-refractivity contribution in [3.8, 4) is 16.9 Å². The summed E-state index contributed by atoms with van der Waals surface area (Å²) in [5, 5.41) is 2.55. The summed E-state index contributed by atoms with van der Waals surface area (Å²) in [5.41, 5.74) is 6.33. The van der Waals surface area contributed by atoms with Gasteiger partial charge in [0.05, 0.1) is 5.39 Å². The average Bonchev–Trinajstić information content (AvgIpc) is 3.01. The molecule has 24 heavy (non-hydrogen) atoms. The van der Waals surface area contributed by atoms with Gasteiger partial charge in [-0.3, -0.25) is 0 Å². The summed E-state index contributed by atoms with van der Waals surface area (Å²) in [6.45, 7) is 4.38. The van der Waals surface area contributed by atoms with Crippen LogP contribution in [0.1, 0.15) is 11.3 Å². The molecule has 2 nitrogen and oxygen atoms in total. The molecule has 0 spiro atoms. The van der Waals surface area contributed by atoms with Gasteiger partial charge < -0.3 is 4.57 Å². The van der Waals surface area contributed by atoms with E-state index in [4.69, 9.17) is 0 Å². The zero-order valence-electron chi connectivity index (χ0n) is 14.3. The van der Waals surface area contributed by atoms with E-state index >= 15 is 0 Å². The molecule has 0 saturated carbocycles. The van der Waals surface area contributed by atoms with Gasteiger partial charge in [-0.1, -0.05) is 24.3 Å². The summed E-state index contributed by atoms with van der Waals surface area (Å²) < 4.78 is 4.48. The highest BCUT2D eigenvalue weighted by Gasteiger charge is 2.21. The Hall–Kier alpha value is -2.87. The van der Waals surface area contributed by atoms with Crippen LogP contribution in [0.3, 0.4) is 0 Å². The van der Waals surface area contributed by atoms with Crippen molar-refractivity contribution in [3.63, 3.8) is 0 Å². The zero-order valence-corrected chi connectivity index (χ0v) is 14.3. The molecule has 2 heteroatoms. The van der Waals surface area contributed by atoms with Gasteiger partial charge in [0, 0.05) is 49.1 Å².